The Labute approximate surface area is 80.2 Å². The van der Waals surface area contributed by atoms with Gasteiger partial charge < -0.3 is 0 Å². The monoisotopic (exact) mass is 178 g/mol. The molecule has 1 nitrogen and oxygen atoms in total. The molecule has 0 amide bonds. The van der Waals surface area contributed by atoms with Crippen molar-refractivity contribution in [3.63, 3.8) is 0 Å². The summed E-state index contributed by atoms with van der Waals surface area (Å²) in [5.41, 5.74) is 0.998. The van der Waals surface area contributed by atoms with Gasteiger partial charge in [-0.05, 0) is 37.7 Å². The molecule has 0 aromatic carbocycles. The molecule has 0 aromatic rings. The molecule has 0 heterocycles. The fraction of sp³-hybridized carbons (Fsp3) is 0.750. The smallest absolute Gasteiger partial charge is 0.164 e. The Bertz CT molecular complexity index is 264. The minimum absolute atomic E-state index is 0.00289. The molecule has 0 radical (unpaired) electrons. The maximum absolute atomic E-state index is 12.0. The number of carbonyl (C=O) groups is 1. The maximum Gasteiger partial charge on any atom is 0.164 e. The minimum atomic E-state index is -0.00289. The average Bonchev–Trinajstić information content (AvgIpc) is 2.13. The lowest BCUT2D eigenvalue weighted by Gasteiger charge is -2.42. The molecular weight excluding hydrogens is 160 g/mol. The summed E-state index contributed by atoms with van der Waals surface area (Å²) in [5.74, 6) is 1.06. The van der Waals surface area contributed by atoms with Gasteiger partial charge in [-0.15, -0.1) is 0 Å². The van der Waals surface area contributed by atoms with Crippen molar-refractivity contribution < 1.29 is 4.79 Å². The molecule has 0 spiro atoms. The van der Waals surface area contributed by atoms with E-state index in [0.29, 0.717) is 11.7 Å². The molecule has 2 atom stereocenters. The Hall–Kier alpha value is -0.590. The van der Waals surface area contributed by atoms with E-state index < -0.39 is 0 Å². The molecule has 1 saturated carbocycles. The van der Waals surface area contributed by atoms with Gasteiger partial charge in [0, 0.05) is 5.41 Å². The molecule has 13 heavy (non-hydrogen) atoms. The molecule has 1 fully saturated rings. The first-order valence-corrected chi connectivity index (χ1v) is 5.36. The second-order valence-corrected chi connectivity index (χ2v) is 4.81. The van der Waals surface area contributed by atoms with E-state index in [1.807, 2.05) is 6.92 Å². The van der Waals surface area contributed by atoms with E-state index >= 15 is 0 Å². The van der Waals surface area contributed by atoms with Gasteiger partial charge >= 0.3 is 0 Å². The Morgan fingerprint density at radius 2 is 2.23 bits per heavy atom. The van der Waals surface area contributed by atoms with Crippen LogP contribution in [-0.2, 0) is 4.79 Å². The van der Waals surface area contributed by atoms with Crippen LogP contribution in [0.2, 0.25) is 0 Å². The maximum atomic E-state index is 12.0. The van der Waals surface area contributed by atoms with E-state index in [2.05, 4.69) is 13.0 Å². The van der Waals surface area contributed by atoms with E-state index in [4.69, 9.17) is 0 Å². The fourth-order valence-electron chi connectivity index (χ4n) is 2.94. The topological polar surface area (TPSA) is 17.1 Å². The normalized spacial score (nSPS) is 39.7. The van der Waals surface area contributed by atoms with Gasteiger partial charge in [-0.2, -0.15) is 0 Å². The minimum Gasteiger partial charge on any atom is -0.294 e. The van der Waals surface area contributed by atoms with Gasteiger partial charge in [-0.3, -0.25) is 4.79 Å². The quantitative estimate of drug-likeness (QED) is 0.557. The summed E-state index contributed by atoms with van der Waals surface area (Å²) in [6.07, 6.45) is 8.20. The number of rotatable bonds is 0. The molecule has 0 N–H and O–H groups in total. The van der Waals surface area contributed by atoms with E-state index in [1.54, 1.807) is 0 Å². The molecule has 72 valence electrons. The highest BCUT2D eigenvalue weighted by Gasteiger charge is 2.44. The van der Waals surface area contributed by atoms with E-state index in [9.17, 15) is 4.79 Å². The summed E-state index contributed by atoms with van der Waals surface area (Å²) in [6, 6.07) is 0. The van der Waals surface area contributed by atoms with Crippen LogP contribution in [0.25, 0.3) is 0 Å². The van der Waals surface area contributed by atoms with Crippen molar-refractivity contribution in [1.29, 1.82) is 0 Å². The molecule has 2 unspecified atom stereocenters. The van der Waals surface area contributed by atoms with E-state index in [1.165, 1.54) is 19.3 Å². The number of fused-ring (bicyclic) bond motifs is 1. The van der Waals surface area contributed by atoms with Crippen molar-refractivity contribution in [2.24, 2.45) is 11.3 Å². The Balaban J connectivity index is 2.32. The highest BCUT2D eigenvalue weighted by atomic mass is 16.1. The second kappa shape index (κ2) is 2.97. The lowest BCUT2D eigenvalue weighted by Crippen LogP contribution is -2.41. The summed E-state index contributed by atoms with van der Waals surface area (Å²) >= 11 is 0. The van der Waals surface area contributed by atoms with Gasteiger partial charge in [0.2, 0.25) is 0 Å². The Kier molecular flexibility index (Phi) is 2.05. The van der Waals surface area contributed by atoms with Gasteiger partial charge in [0.1, 0.15) is 0 Å². The zero-order valence-electron chi connectivity index (χ0n) is 8.60. The number of hydrogen-bond donors (Lipinski definition) is 0. The van der Waals surface area contributed by atoms with Crippen molar-refractivity contribution in [3.8, 4) is 0 Å². The van der Waals surface area contributed by atoms with Crippen LogP contribution in [0.15, 0.2) is 11.6 Å². The standard InChI is InChI=1S/C12H18O/c1-9-6-7-10-5-3-4-8-12(10,2)11(9)13/h6,10H,3-5,7-8H2,1-2H3. The van der Waals surface area contributed by atoms with Crippen LogP contribution in [0.3, 0.4) is 0 Å². The number of hydrogen-bond acceptors (Lipinski definition) is 1. The van der Waals surface area contributed by atoms with Crippen LogP contribution in [0.4, 0.5) is 0 Å². The molecular formula is C12H18O. The Morgan fingerprint density at radius 3 is 3.00 bits per heavy atom. The van der Waals surface area contributed by atoms with Crippen LogP contribution in [-0.4, -0.2) is 5.78 Å². The summed E-state index contributed by atoms with van der Waals surface area (Å²) in [6.45, 7) is 4.15. The third-order valence-electron chi connectivity index (χ3n) is 3.99. The van der Waals surface area contributed by atoms with Crippen LogP contribution in [0.1, 0.15) is 46.0 Å². The van der Waals surface area contributed by atoms with Crippen molar-refractivity contribution in [2.75, 3.05) is 0 Å². The zero-order chi connectivity index (χ0) is 9.47. The number of carbonyl (C=O) groups excluding carboxylic acids is 1. The van der Waals surface area contributed by atoms with Crippen LogP contribution in [0.5, 0.6) is 0 Å². The predicted molar refractivity (Wildman–Crippen MR) is 53.4 cm³/mol. The van der Waals surface area contributed by atoms with Crippen molar-refractivity contribution >= 4 is 5.78 Å². The summed E-state index contributed by atoms with van der Waals surface area (Å²) in [5, 5.41) is 0. The highest BCUT2D eigenvalue weighted by Crippen LogP contribution is 2.47. The second-order valence-electron chi connectivity index (χ2n) is 4.81. The van der Waals surface area contributed by atoms with Crippen molar-refractivity contribution in [2.45, 2.75) is 46.0 Å². The van der Waals surface area contributed by atoms with Crippen molar-refractivity contribution in [3.05, 3.63) is 11.6 Å². The third-order valence-corrected chi connectivity index (χ3v) is 3.99. The Morgan fingerprint density at radius 1 is 1.46 bits per heavy atom. The molecule has 2 aliphatic carbocycles. The van der Waals surface area contributed by atoms with Crippen molar-refractivity contribution in [1.82, 2.24) is 0 Å². The number of allylic oxidation sites excluding steroid dienone is 2. The zero-order valence-corrected chi connectivity index (χ0v) is 8.60. The predicted octanol–water partition coefficient (Wildman–Crippen LogP) is 3.10. The highest BCUT2D eigenvalue weighted by molar-refractivity contribution is 6.00. The molecule has 1 heteroatoms. The molecule has 2 aliphatic rings. The van der Waals surface area contributed by atoms with Gasteiger partial charge in [-0.1, -0.05) is 25.8 Å². The number of ketones is 1. The van der Waals surface area contributed by atoms with Gasteiger partial charge in [0.05, 0.1) is 0 Å². The van der Waals surface area contributed by atoms with Gasteiger partial charge in [0.25, 0.3) is 0 Å². The van der Waals surface area contributed by atoms with Gasteiger partial charge in [-0.25, -0.2) is 0 Å². The largest absolute Gasteiger partial charge is 0.294 e. The first-order chi connectivity index (χ1) is 6.14. The molecule has 0 aliphatic heterocycles. The van der Waals surface area contributed by atoms with Crippen LogP contribution >= 0.6 is 0 Å². The van der Waals surface area contributed by atoms with E-state index in [0.717, 1.165) is 18.4 Å². The average molecular weight is 178 g/mol. The lowest BCUT2D eigenvalue weighted by atomic mass is 9.60. The van der Waals surface area contributed by atoms with Crippen LogP contribution in [0, 0.1) is 11.3 Å². The molecule has 0 bridgehead atoms. The summed E-state index contributed by atoms with van der Waals surface area (Å²) in [7, 11) is 0. The third kappa shape index (κ3) is 1.25. The lowest BCUT2D eigenvalue weighted by molar-refractivity contribution is -0.129. The first kappa shape index (κ1) is 8.98. The van der Waals surface area contributed by atoms with Gasteiger partial charge in [0.15, 0.2) is 5.78 Å². The SMILES string of the molecule is CC1=CCC2CCCCC2(C)C1=O. The van der Waals surface area contributed by atoms with Crippen LogP contribution < -0.4 is 0 Å². The molecule has 2 rings (SSSR count). The van der Waals surface area contributed by atoms with E-state index in [-0.39, 0.29) is 5.41 Å². The fourth-order valence-corrected chi connectivity index (χ4v) is 2.94. The summed E-state index contributed by atoms with van der Waals surface area (Å²) < 4.78 is 0. The molecule has 0 aromatic heterocycles. The summed E-state index contributed by atoms with van der Waals surface area (Å²) in [4.78, 5) is 12.0. The molecule has 0 saturated heterocycles. The number of Topliss-reactive ketones (excluding diaryl/α,β-unsaturated/α-hetero) is 1. The first-order valence-electron chi connectivity index (χ1n) is 5.36.